The molecule has 0 bridgehead atoms. The van der Waals surface area contributed by atoms with Gasteiger partial charge in [-0.3, -0.25) is 0 Å². The largest absolute Gasteiger partial charge is 0.335 e. The molecule has 1 N–H and O–H groups in total. The predicted octanol–water partition coefficient (Wildman–Crippen LogP) is 2.47. The van der Waals surface area contributed by atoms with Crippen LogP contribution in [0.5, 0.6) is 0 Å². The summed E-state index contributed by atoms with van der Waals surface area (Å²) >= 11 is 0. The summed E-state index contributed by atoms with van der Waals surface area (Å²) in [5.74, 6) is 1.97. The first-order valence-corrected chi connectivity index (χ1v) is 6.44. The fraction of sp³-hybridized carbons (Fsp3) is 0.769. The predicted molar refractivity (Wildman–Crippen MR) is 68.5 cm³/mol. The standard InChI is InChI=1S/C13H25N3/c1-4-9-16-10-8-15-13(16)6-5-7-14-11-12(2)3/h8,10,12,14H,4-7,9,11H2,1-3H3. The van der Waals surface area contributed by atoms with Crippen LogP contribution in [-0.4, -0.2) is 22.6 Å². The number of aromatic nitrogens is 2. The number of nitrogens with one attached hydrogen (secondary N) is 1. The van der Waals surface area contributed by atoms with Crippen LogP contribution in [0.2, 0.25) is 0 Å². The van der Waals surface area contributed by atoms with Crippen LogP contribution in [-0.2, 0) is 13.0 Å². The Kier molecular flexibility index (Phi) is 6.16. The molecule has 0 fully saturated rings. The molecule has 0 saturated carbocycles. The number of hydrogen-bond donors (Lipinski definition) is 1. The van der Waals surface area contributed by atoms with Crippen LogP contribution in [0, 0.1) is 5.92 Å². The lowest BCUT2D eigenvalue weighted by molar-refractivity contribution is 0.535. The van der Waals surface area contributed by atoms with Crippen molar-refractivity contribution in [2.75, 3.05) is 13.1 Å². The first-order chi connectivity index (χ1) is 7.74. The Morgan fingerprint density at radius 1 is 1.44 bits per heavy atom. The molecule has 92 valence electrons. The van der Waals surface area contributed by atoms with Crippen molar-refractivity contribution in [1.29, 1.82) is 0 Å². The molecule has 0 spiro atoms. The molecular weight excluding hydrogens is 198 g/mol. The number of rotatable bonds is 8. The topological polar surface area (TPSA) is 29.9 Å². The van der Waals surface area contributed by atoms with E-state index in [9.17, 15) is 0 Å². The van der Waals surface area contributed by atoms with Gasteiger partial charge in [0.15, 0.2) is 0 Å². The van der Waals surface area contributed by atoms with Crippen molar-refractivity contribution in [2.45, 2.75) is 46.6 Å². The molecule has 0 atom stereocenters. The molecule has 16 heavy (non-hydrogen) atoms. The molecule has 3 heteroatoms. The summed E-state index contributed by atoms with van der Waals surface area (Å²) in [4.78, 5) is 4.40. The maximum atomic E-state index is 4.40. The Bertz CT molecular complexity index is 278. The molecule has 0 amide bonds. The molecule has 1 rings (SSSR count). The fourth-order valence-corrected chi connectivity index (χ4v) is 1.77. The van der Waals surface area contributed by atoms with E-state index in [0.717, 1.165) is 32.0 Å². The summed E-state index contributed by atoms with van der Waals surface area (Å²) in [5.41, 5.74) is 0. The first kappa shape index (κ1) is 13.2. The Hall–Kier alpha value is -0.830. The maximum Gasteiger partial charge on any atom is 0.108 e. The number of nitrogens with zero attached hydrogens (tertiary/aromatic N) is 2. The van der Waals surface area contributed by atoms with Gasteiger partial charge in [-0.05, 0) is 31.8 Å². The molecule has 3 nitrogen and oxygen atoms in total. The van der Waals surface area contributed by atoms with Gasteiger partial charge in [0.05, 0.1) is 0 Å². The monoisotopic (exact) mass is 223 g/mol. The van der Waals surface area contributed by atoms with Crippen LogP contribution >= 0.6 is 0 Å². The van der Waals surface area contributed by atoms with Crippen LogP contribution in [0.4, 0.5) is 0 Å². The Morgan fingerprint density at radius 3 is 2.94 bits per heavy atom. The quantitative estimate of drug-likeness (QED) is 0.686. The van der Waals surface area contributed by atoms with Crippen LogP contribution in [0.3, 0.4) is 0 Å². The normalized spacial score (nSPS) is 11.2. The van der Waals surface area contributed by atoms with Crippen molar-refractivity contribution < 1.29 is 0 Å². The summed E-state index contributed by atoms with van der Waals surface area (Å²) < 4.78 is 2.27. The molecular formula is C13H25N3. The van der Waals surface area contributed by atoms with Gasteiger partial charge < -0.3 is 9.88 Å². The third-order valence-electron chi connectivity index (χ3n) is 2.57. The maximum absolute atomic E-state index is 4.40. The highest BCUT2D eigenvalue weighted by molar-refractivity contribution is 4.92. The molecule has 0 aliphatic carbocycles. The molecule has 0 aromatic carbocycles. The molecule has 0 unspecified atom stereocenters. The van der Waals surface area contributed by atoms with Gasteiger partial charge in [-0.2, -0.15) is 0 Å². The first-order valence-electron chi connectivity index (χ1n) is 6.44. The van der Waals surface area contributed by atoms with E-state index in [-0.39, 0.29) is 0 Å². The zero-order valence-electron chi connectivity index (χ0n) is 10.9. The van der Waals surface area contributed by atoms with E-state index in [1.54, 1.807) is 0 Å². The average Bonchev–Trinajstić information content (AvgIpc) is 2.65. The molecule has 0 radical (unpaired) electrons. The van der Waals surface area contributed by atoms with Gasteiger partial charge in [-0.1, -0.05) is 20.8 Å². The summed E-state index contributed by atoms with van der Waals surface area (Å²) in [6.45, 7) is 9.98. The third kappa shape index (κ3) is 4.79. The second-order valence-electron chi connectivity index (χ2n) is 4.74. The van der Waals surface area contributed by atoms with E-state index in [4.69, 9.17) is 0 Å². The molecule has 0 saturated heterocycles. The lowest BCUT2D eigenvalue weighted by atomic mass is 10.2. The molecule has 0 aliphatic rings. The zero-order chi connectivity index (χ0) is 11.8. The average molecular weight is 223 g/mol. The van der Waals surface area contributed by atoms with Crippen molar-refractivity contribution >= 4 is 0 Å². The lowest BCUT2D eigenvalue weighted by Gasteiger charge is -2.08. The molecule has 1 aromatic heterocycles. The van der Waals surface area contributed by atoms with Crippen molar-refractivity contribution in [3.05, 3.63) is 18.2 Å². The van der Waals surface area contributed by atoms with Gasteiger partial charge in [0.2, 0.25) is 0 Å². The van der Waals surface area contributed by atoms with E-state index in [1.165, 1.54) is 18.7 Å². The number of aryl methyl sites for hydroxylation is 2. The second-order valence-corrected chi connectivity index (χ2v) is 4.74. The van der Waals surface area contributed by atoms with Crippen LogP contribution in [0.25, 0.3) is 0 Å². The summed E-state index contributed by atoms with van der Waals surface area (Å²) in [5, 5.41) is 3.46. The third-order valence-corrected chi connectivity index (χ3v) is 2.57. The SMILES string of the molecule is CCCn1ccnc1CCCNCC(C)C. The zero-order valence-corrected chi connectivity index (χ0v) is 10.9. The van der Waals surface area contributed by atoms with E-state index < -0.39 is 0 Å². The van der Waals surface area contributed by atoms with Gasteiger partial charge in [0, 0.05) is 25.4 Å². The van der Waals surface area contributed by atoms with Crippen LogP contribution < -0.4 is 5.32 Å². The van der Waals surface area contributed by atoms with E-state index >= 15 is 0 Å². The van der Waals surface area contributed by atoms with Gasteiger partial charge in [-0.25, -0.2) is 4.98 Å². The van der Waals surface area contributed by atoms with Gasteiger partial charge in [0.25, 0.3) is 0 Å². The van der Waals surface area contributed by atoms with Gasteiger partial charge in [-0.15, -0.1) is 0 Å². The number of imidazole rings is 1. The Balaban J connectivity index is 2.18. The summed E-state index contributed by atoms with van der Waals surface area (Å²) in [7, 11) is 0. The highest BCUT2D eigenvalue weighted by Crippen LogP contribution is 2.02. The highest BCUT2D eigenvalue weighted by Gasteiger charge is 2.01. The van der Waals surface area contributed by atoms with E-state index in [1.807, 2.05) is 6.20 Å². The van der Waals surface area contributed by atoms with Crippen molar-refractivity contribution in [3.63, 3.8) is 0 Å². The Morgan fingerprint density at radius 2 is 2.25 bits per heavy atom. The van der Waals surface area contributed by atoms with Crippen LogP contribution in [0.1, 0.15) is 39.4 Å². The van der Waals surface area contributed by atoms with Gasteiger partial charge in [0.1, 0.15) is 5.82 Å². The highest BCUT2D eigenvalue weighted by atomic mass is 15.1. The van der Waals surface area contributed by atoms with Crippen LogP contribution in [0.15, 0.2) is 12.4 Å². The van der Waals surface area contributed by atoms with Gasteiger partial charge >= 0.3 is 0 Å². The van der Waals surface area contributed by atoms with Crippen molar-refractivity contribution in [3.8, 4) is 0 Å². The van der Waals surface area contributed by atoms with E-state index in [2.05, 4.69) is 41.8 Å². The Labute approximate surface area is 99.3 Å². The van der Waals surface area contributed by atoms with E-state index in [0.29, 0.717) is 0 Å². The fourth-order valence-electron chi connectivity index (χ4n) is 1.77. The summed E-state index contributed by atoms with van der Waals surface area (Å²) in [6.07, 6.45) is 7.42. The number of hydrogen-bond acceptors (Lipinski definition) is 2. The molecule has 1 heterocycles. The minimum atomic E-state index is 0.738. The molecule has 0 aliphatic heterocycles. The minimum Gasteiger partial charge on any atom is -0.335 e. The van der Waals surface area contributed by atoms with Crippen molar-refractivity contribution in [2.24, 2.45) is 5.92 Å². The lowest BCUT2D eigenvalue weighted by Crippen LogP contribution is -2.21. The summed E-state index contributed by atoms with van der Waals surface area (Å²) in [6, 6.07) is 0. The smallest absolute Gasteiger partial charge is 0.108 e. The second kappa shape index (κ2) is 7.44. The van der Waals surface area contributed by atoms with Crippen molar-refractivity contribution in [1.82, 2.24) is 14.9 Å². The molecule has 1 aromatic rings. The minimum absolute atomic E-state index is 0.738.